The predicted octanol–water partition coefficient (Wildman–Crippen LogP) is 3.04. The zero-order valence-corrected chi connectivity index (χ0v) is 9.92. The Bertz CT molecular complexity index is 369. The fraction of sp³-hybridized carbons (Fsp3) is 0.455. The maximum Gasteiger partial charge on any atom is 0.337 e. The highest BCUT2D eigenvalue weighted by Gasteiger charge is 2.09. The zero-order chi connectivity index (χ0) is 12.0. The Hall–Kier alpha value is -1.29. The molecule has 88 valence electrons. The summed E-state index contributed by atoms with van der Waals surface area (Å²) in [6.07, 6.45) is 4.69. The number of rotatable bonds is 6. The van der Waals surface area contributed by atoms with Gasteiger partial charge in [-0.15, -0.1) is 0 Å². The summed E-state index contributed by atoms with van der Waals surface area (Å²) in [5.41, 5.74) is 0.0784. The maximum absolute atomic E-state index is 10.8. The van der Waals surface area contributed by atoms with E-state index >= 15 is 0 Å². The summed E-state index contributed by atoms with van der Waals surface area (Å²) >= 11 is 5.70. The maximum atomic E-state index is 10.8. The number of nitrogens with one attached hydrogen (secondary N) is 1. The smallest absolute Gasteiger partial charge is 0.337 e. The Labute approximate surface area is 99.6 Å². The molecule has 16 heavy (non-hydrogen) atoms. The van der Waals surface area contributed by atoms with Gasteiger partial charge in [0, 0.05) is 12.7 Å². The van der Waals surface area contributed by atoms with Crippen molar-refractivity contribution in [1.29, 1.82) is 0 Å². The van der Waals surface area contributed by atoms with E-state index in [0.717, 1.165) is 25.8 Å². The van der Waals surface area contributed by atoms with E-state index in [0.29, 0.717) is 5.82 Å². The normalized spacial score (nSPS) is 10.1. The van der Waals surface area contributed by atoms with Crippen LogP contribution in [0.2, 0.25) is 5.02 Å². The first-order valence-electron chi connectivity index (χ1n) is 5.28. The number of hydrogen-bond acceptors (Lipinski definition) is 3. The molecule has 0 aliphatic carbocycles. The highest BCUT2D eigenvalue weighted by molar-refractivity contribution is 6.33. The summed E-state index contributed by atoms with van der Waals surface area (Å²) in [6.45, 7) is 2.92. The van der Waals surface area contributed by atoms with Crippen LogP contribution < -0.4 is 5.32 Å². The minimum absolute atomic E-state index is 0.0784. The highest BCUT2D eigenvalue weighted by atomic mass is 35.5. The van der Waals surface area contributed by atoms with Crippen LogP contribution in [0.5, 0.6) is 0 Å². The van der Waals surface area contributed by atoms with Gasteiger partial charge in [-0.1, -0.05) is 31.4 Å². The van der Waals surface area contributed by atoms with Crippen LogP contribution in [-0.4, -0.2) is 22.6 Å². The Kier molecular flexibility index (Phi) is 5.05. The molecule has 0 aliphatic heterocycles. The first-order valence-corrected chi connectivity index (χ1v) is 5.65. The van der Waals surface area contributed by atoms with Gasteiger partial charge in [-0.25, -0.2) is 9.78 Å². The molecule has 0 aromatic carbocycles. The molecule has 0 spiro atoms. The first kappa shape index (κ1) is 12.8. The number of aromatic carboxylic acids is 1. The number of nitrogens with zero attached hydrogens (tertiary/aromatic N) is 1. The fourth-order valence-electron chi connectivity index (χ4n) is 1.29. The van der Waals surface area contributed by atoms with Gasteiger partial charge in [0.15, 0.2) is 0 Å². The molecule has 1 aromatic rings. The lowest BCUT2D eigenvalue weighted by Gasteiger charge is -2.06. The standard InChI is InChI=1S/C11H15ClN2O2/c1-2-3-4-5-13-10-6-8(11(15)16)9(12)7-14-10/h6-7H,2-5H2,1H3,(H,13,14)(H,15,16). The Morgan fingerprint density at radius 1 is 1.56 bits per heavy atom. The molecule has 5 heteroatoms. The van der Waals surface area contributed by atoms with Gasteiger partial charge in [0.25, 0.3) is 0 Å². The second kappa shape index (κ2) is 6.33. The number of anilines is 1. The number of carbonyl (C=O) groups is 1. The number of carboxylic acids is 1. The van der Waals surface area contributed by atoms with Crippen molar-refractivity contribution in [2.75, 3.05) is 11.9 Å². The third-order valence-electron chi connectivity index (χ3n) is 2.17. The van der Waals surface area contributed by atoms with Crippen LogP contribution in [0.4, 0.5) is 5.82 Å². The third kappa shape index (κ3) is 3.70. The molecule has 0 bridgehead atoms. The van der Waals surface area contributed by atoms with Gasteiger partial charge < -0.3 is 10.4 Å². The number of hydrogen-bond donors (Lipinski definition) is 2. The minimum Gasteiger partial charge on any atom is -0.478 e. The van der Waals surface area contributed by atoms with Gasteiger partial charge >= 0.3 is 5.97 Å². The lowest BCUT2D eigenvalue weighted by molar-refractivity contribution is 0.0697. The Morgan fingerprint density at radius 2 is 2.31 bits per heavy atom. The Balaban J connectivity index is 2.61. The van der Waals surface area contributed by atoms with Crippen LogP contribution in [0.15, 0.2) is 12.3 Å². The van der Waals surface area contributed by atoms with E-state index in [1.54, 1.807) is 0 Å². The third-order valence-corrected chi connectivity index (χ3v) is 2.47. The van der Waals surface area contributed by atoms with Gasteiger partial charge in [-0.3, -0.25) is 0 Å². The molecule has 0 saturated heterocycles. The van der Waals surface area contributed by atoms with Crippen molar-refractivity contribution in [1.82, 2.24) is 4.98 Å². The van der Waals surface area contributed by atoms with Crippen LogP contribution >= 0.6 is 11.6 Å². The molecule has 1 heterocycles. The second-order valence-electron chi connectivity index (χ2n) is 3.49. The van der Waals surface area contributed by atoms with Gasteiger partial charge in [-0.2, -0.15) is 0 Å². The van der Waals surface area contributed by atoms with Gasteiger partial charge in [0.1, 0.15) is 5.82 Å². The van der Waals surface area contributed by atoms with Crippen molar-refractivity contribution in [2.45, 2.75) is 26.2 Å². The number of halogens is 1. The minimum atomic E-state index is -1.04. The van der Waals surface area contributed by atoms with Crippen LogP contribution in [-0.2, 0) is 0 Å². The van der Waals surface area contributed by atoms with E-state index in [1.807, 2.05) is 0 Å². The molecule has 0 atom stereocenters. The van der Waals surface area contributed by atoms with Gasteiger partial charge in [0.05, 0.1) is 10.6 Å². The van der Waals surface area contributed by atoms with Crippen LogP contribution in [0.25, 0.3) is 0 Å². The van der Waals surface area contributed by atoms with E-state index in [4.69, 9.17) is 16.7 Å². The van der Waals surface area contributed by atoms with Crippen molar-refractivity contribution in [3.8, 4) is 0 Å². The summed E-state index contributed by atoms with van der Waals surface area (Å²) in [4.78, 5) is 14.8. The predicted molar refractivity (Wildman–Crippen MR) is 64.2 cm³/mol. The zero-order valence-electron chi connectivity index (χ0n) is 9.16. The molecule has 0 fully saturated rings. The van der Waals surface area contributed by atoms with Crippen molar-refractivity contribution >= 4 is 23.4 Å². The summed E-state index contributed by atoms with van der Waals surface area (Å²) in [5.74, 6) is -0.484. The summed E-state index contributed by atoms with van der Waals surface area (Å²) in [5, 5.41) is 12.1. The molecule has 0 amide bonds. The van der Waals surface area contributed by atoms with E-state index in [1.165, 1.54) is 12.3 Å². The summed E-state index contributed by atoms with van der Waals surface area (Å²) in [7, 11) is 0. The van der Waals surface area contributed by atoms with Crippen LogP contribution in [0.1, 0.15) is 36.5 Å². The monoisotopic (exact) mass is 242 g/mol. The molecule has 1 rings (SSSR count). The van der Waals surface area contributed by atoms with E-state index in [2.05, 4.69) is 17.2 Å². The van der Waals surface area contributed by atoms with E-state index in [-0.39, 0.29) is 10.6 Å². The number of pyridine rings is 1. The van der Waals surface area contributed by atoms with Crippen LogP contribution in [0, 0.1) is 0 Å². The summed E-state index contributed by atoms with van der Waals surface area (Å²) in [6, 6.07) is 1.45. The number of aromatic nitrogens is 1. The van der Waals surface area contributed by atoms with Gasteiger partial charge in [-0.05, 0) is 12.5 Å². The SMILES string of the molecule is CCCCCNc1cc(C(=O)O)c(Cl)cn1. The van der Waals surface area contributed by atoms with Gasteiger partial charge in [0.2, 0.25) is 0 Å². The number of unbranched alkanes of at least 4 members (excludes halogenated alkanes) is 2. The molecular weight excluding hydrogens is 228 g/mol. The van der Waals surface area contributed by atoms with Crippen molar-refractivity contribution in [2.24, 2.45) is 0 Å². The quantitative estimate of drug-likeness (QED) is 0.753. The van der Waals surface area contributed by atoms with E-state index in [9.17, 15) is 4.79 Å². The lowest BCUT2D eigenvalue weighted by Crippen LogP contribution is -2.05. The molecule has 0 radical (unpaired) electrons. The molecule has 2 N–H and O–H groups in total. The molecular formula is C11H15ClN2O2. The molecule has 0 unspecified atom stereocenters. The summed E-state index contributed by atoms with van der Waals surface area (Å²) < 4.78 is 0. The largest absolute Gasteiger partial charge is 0.478 e. The van der Waals surface area contributed by atoms with Crippen molar-refractivity contribution in [3.63, 3.8) is 0 Å². The first-order chi connectivity index (χ1) is 7.65. The molecule has 0 aliphatic rings. The highest BCUT2D eigenvalue weighted by Crippen LogP contribution is 2.17. The average Bonchev–Trinajstić information content (AvgIpc) is 2.26. The second-order valence-corrected chi connectivity index (χ2v) is 3.90. The van der Waals surface area contributed by atoms with Crippen LogP contribution in [0.3, 0.4) is 0 Å². The average molecular weight is 243 g/mol. The Morgan fingerprint density at radius 3 is 2.94 bits per heavy atom. The molecule has 4 nitrogen and oxygen atoms in total. The lowest BCUT2D eigenvalue weighted by atomic mass is 10.2. The topological polar surface area (TPSA) is 62.2 Å². The number of carboxylic acid groups (broad SMARTS) is 1. The fourth-order valence-corrected chi connectivity index (χ4v) is 1.47. The van der Waals surface area contributed by atoms with Crippen molar-refractivity contribution in [3.05, 3.63) is 22.8 Å². The van der Waals surface area contributed by atoms with Crippen molar-refractivity contribution < 1.29 is 9.90 Å². The van der Waals surface area contributed by atoms with E-state index < -0.39 is 5.97 Å². The molecule has 1 aromatic heterocycles. The molecule has 0 saturated carbocycles.